The van der Waals surface area contributed by atoms with Crippen LogP contribution in [0.5, 0.6) is 0 Å². The van der Waals surface area contributed by atoms with E-state index in [2.05, 4.69) is 32.9 Å². The molecule has 4 heteroatoms. The molecule has 1 atom stereocenters. The van der Waals surface area contributed by atoms with Crippen molar-refractivity contribution in [2.24, 2.45) is 0 Å². The van der Waals surface area contributed by atoms with Crippen molar-refractivity contribution in [2.45, 2.75) is 32.2 Å². The molecule has 0 N–H and O–H groups in total. The highest BCUT2D eigenvalue weighted by molar-refractivity contribution is 5.98. The van der Waals surface area contributed by atoms with E-state index in [1.54, 1.807) is 36.2 Å². The quantitative estimate of drug-likeness (QED) is 0.661. The summed E-state index contributed by atoms with van der Waals surface area (Å²) in [6, 6.07) is 14.8. The molecule has 4 rings (SSSR count). The van der Waals surface area contributed by atoms with Crippen molar-refractivity contribution in [1.82, 2.24) is 4.90 Å². The maximum Gasteiger partial charge on any atom is 0.290 e. The first-order valence-electron chi connectivity index (χ1n) is 8.72. The van der Waals surface area contributed by atoms with Gasteiger partial charge in [-0.25, -0.2) is 0 Å². The second-order valence-electron chi connectivity index (χ2n) is 7.86. The molecular formula is C22H21NO3. The maximum atomic E-state index is 13.1. The van der Waals surface area contributed by atoms with E-state index in [0.717, 1.165) is 5.56 Å². The summed E-state index contributed by atoms with van der Waals surface area (Å²) in [4.78, 5) is 27.4. The van der Waals surface area contributed by atoms with Crippen LogP contribution in [0, 0.1) is 0 Å². The molecule has 0 saturated heterocycles. The van der Waals surface area contributed by atoms with Crippen molar-refractivity contribution in [2.75, 3.05) is 7.05 Å². The Kier molecular flexibility index (Phi) is 3.55. The minimum absolute atomic E-state index is 0.0447. The van der Waals surface area contributed by atoms with Gasteiger partial charge >= 0.3 is 0 Å². The Morgan fingerprint density at radius 2 is 1.62 bits per heavy atom. The number of nitrogens with zero attached hydrogens (tertiary/aromatic N) is 1. The van der Waals surface area contributed by atoms with Crippen molar-refractivity contribution in [3.63, 3.8) is 0 Å². The lowest BCUT2D eigenvalue weighted by Gasteiger charge is -2.23. The highest BCUT2D eigenvalue weighted by atomic mass is 16.3. The Balaban J connectivity index is 1.91. The average Bonchev–Trinajstić information content (AvgIpc) is 2.86. The number of para-hydroxylation sites is 1. The van der Waals surface area contributed by atoms with Gasteiger partial charge in [-0.05, 0) is 28.7 Å². The van der Waals surface area contributed by atoms with Gasteiger partial charge in [-0.1, -0.05) is 57.2 Å². The van der Waals surface area contributed by atoms with Crippen molar-refractivity contribution in [3.05, 3.63) is 81.2 Å². The fraction of sp³-hybridized carbons (Fsp3) is 0.273. The molecule has 3 aromatic rings. The molecule has 0 spiro atoms. The highest BCUT2D eigenvalue weighted by Crippen LogP contribution is 2.37. The molecule has 1 aromatic heterocycles. The lowest BCUT2D eigenvalue weighted by molar-refractivity contribution is 0.0771. The van der Waals surface area contributed by atoms with E-state index in [-0.39, 0.29) is 22.5 Å². The van der Waals surface area contributed by atoms with E-state index < -0.39 is 6.04 Å². The zero-order valence-electron chi connectivity index (χ0n) is 15.4. The summed E-state index contributed by atoms with van der Waals surface area (Å²) in [5.41, 5.74) is 2.91. The summed E-state index contributed by atoms with van der Waals surface area (Å²) in [5.74, 6) is -0.103. The SMILES string of the molecule is CN1C(=O)c2oc3ccccc3c(=O)c2[C@@H]1c1ccc(C(C)(C)C)cc1. The molecule has 0 fully saturated rings. The Morgan fingerprint density at radius 1 is 0.962 bits per heavy atom. The first-order chi connectivity index (χ1) is 12.3. The lowest BCUT2D eigenvalue weighted by Crippen LogP contribution is -2.25. The van der Waals surface area contributed by atoms with Crippen LogP contribution in [0.25, 0.3) is 11.0 Å². The molecule has 0 bridgehead atoms. The van der Waals surface area contributed by atoms with Gasteiger partial charge in [0.25, 0.3) is 5.91 Å². The smallest absolute Gasteiger partial charge is 0.290 e. The van der Waals surface area contributed by atoms with E-state index >= 15 is 0 Å². The van der Waals surface area contributed by atoms with Crippen LogP contribution in [-0.2, 0) is 5.41 Å². The zero-order chi connectivity index (χ0) is 18.6. The van der Waals surface area contributed by atoms with Crippen LogP contribution in [0.3, 0.4) is 0 Å². The second kappa shape index (κ2) is 5.56. The Morgan fingerprint density at radius 3 is 2.27 bits per heavy atom. The van der Waals surface area contributed by atoms with Crippen molar-refractivity contribution in [3.8, 4) is 0 Å². The van der Waals surface area contributed by atoms with Gasteiger partial charge in [-0.2, -0.15) is 0 Å². The predicted molar refractivity (Wildman–Crippen MR) is 102 cm³/mol. The van der Waals surface area contributed by atoms with Gasteiger partial charge in [0.05, 0.1) is 17.0 Å². The minimum atomic E-state index is -0.424. The number of benzene rings is 2. The van der Waals surface area contributed by atoms with Crippen molar-refractivity contribution < 1.29 is 9.21 Å². The molecule has 0 aliphatic carbocycles. The van der Waals surface area contributed by atoms with Gasteiger partial charge in [0.15, 0.2) is 5.43 Å². The average molecular weight is 347 g/mol. The molecule has 2 aromatic carbocycles. The van der Waals surface area contributed by atoms with Crippen molar-refractivity contribution >= 4 is 16.9 Å². The van der Waals surface area contributed by atoms with E-state index in [1.807, 2.05) is 12.1 Å². The summed E-state index contributed by atoms with van der Waals surface area (Å²) >= 11 is 0. The monoisotopic (exact) mass is 347 g/mol. The van der Waals surface area contributed by atoms with Gasteiger partial charge in [-0.15, -0.1) is 0 Å². The number of fused-ring (bicyclic) bond motifs is 2. The van der Waals surface area contributed by atoms with Crippen molar-refractivity contribution in [1.29, 1.82) is 0 Å². The number of rotatable bonds is 1. The third kappa shape index (κ3) is 2.37. The van der Waals surface area contributed by atoms with Gasteiger partial charge in [0, 0.05) is 7.05 Å². The van der Waals surface area contributed by atoms with E-state index in [9.17, 15) is 9.59 Å². The van der Waals surface area contributed by atoms with Crippen LogP contribution in [0.2, 0.25) is 0 Å². The number of hydrogen-bond acceptors (Lipinski definition) is 3. The van der Waals surface area contributed by atoms with E-state index in [0.29, 0.717) is 16.5 Å². The third-order valence-corrected chi connectivity index (χ3v) is 5.10. The van der Waals surface area contributed by atoms with Gasteiger partial charge < -0.3 is 9.32 Å². The number of carbonyl (C=O) groups is 1. The van der Waals surface area contributed by atoms with Crippen LogP contribution in [0.1, 0.15) is 54.1 Å². The standard InChI is InChI=1S/C22H21NO3/c1-22(2,3)14-11-9-13(10-12-14)18-17-19(24)15-7-5-6-8-16(15)26-20(17)21(25)23(18)4/h5-12,18H,1-4H3/t18-/m0/s1. The molecule has 1 aliphatic rings. The molecule has 0 radical (unpaired) electrons. The van der Waals surface area contributed by atoms with E-state index in [1.165, 1.54) is 5.56 Å². The lowest BCUT2D eigenvalue weighted by atomic mass is 9.86. The first kappa shape index (κ1) is 16.6. The summed E-state index contributed by atoms with van der Waals surface area (Å²) in [7, 11) is 1.71. The highest BCUT2D eigenvalue weighted by Gasteiger charge is 2.40. The summed E-state index contributed by atoms with van der Waals surface area (Å²) in [5, 5.41) is 0.505. The Hall–Kier alpha value is -2.88. The summed E-state index contributed by atoms with van der Waals surface area (Å²) < 4.78 is 5.81. The molecule has 2 heterocycles. The number of hydrogen-bond donors (Lipinski definition) is 0. The molecule has 1 aliphatic heterocycles. The predicted octanol–water partition coefficient (Wildman–Crippen LogP) is 4.27. The maximum absolute atomic E-state index is 13.1. The molecule has 132 valence electrons. The Bertz CT molecular complexity index is 1070. The van der Waals surface area contributed by atoms with Crippen LogP contribution in [0.15, 0.2) is 57.7 Å². The van der Waals surface area contributed by atoms with Crippen LogP contribution in [-0.4, -0.2) is 17.9 Å². The largest absolute Gasteiger partial charge is 0.450 e. The van der Waals surface area contributed by atoms with Crippen LogP contribution >= 0.6 is 0 Å². The third-order valence-electron chi connectivity index (χ3n) is 5.10. The topological polar surface area (TPSA) is 50.5 Å². The zero-order valence-corrected chi connectivity index (χ0v) is 15.4. The molecule has 4 nitrogen and oxygen atoms in total. The Labute approximate surface area is 152 Å². The second-order valence-corrected chi connectivity index (χ2v) is 7.86. The van der Waals surface area contributed by atoms with Gasteiger partial charge in [-0.3, -0.25) is 9.59 Å². The summed E-state index contributed by atoms with van der Waals surface area (Å²) in [6.07, 6.45) is 0. The first-order valence-corrected chi connectivity index (χ1v) is 8.72. The van der Waals surface area contributed by atoms with E-state index in [4.69, 9.17) is 4.42 Å². The molecule has 26 heavy (non-hydrogen) atoms. The molecular weight excluding hydrogens is 326 g/mol. The minimum Gasteiger partial charge on any atom is -0.450 e. The summed E-state index contributed by atoms with van der Waals surface area (Å²) in [6.45, 7) is 6.47. The number of carbonyl (C=O) groups excluding carboxylic acids is 1. The van der Waals surface area contributed by atoms with Crippen LogP contribution < -0.4 is 5.43 Å². The molecule has 0 saturated carbocycles. The fourth-order valence-corrected chi connectivity index (χ4v) is 3.59. The fourth-order valence-electron chi connectivity index (χ4n) is 3.59. The van der Waals surface area contributed by atoms with Gasteiger partial charge in [0.1, 0.15) is 5.58 Å². The van der Waals surface area contributed by atoms with Gasteiger partial charge in [0.2, 0.25) is 5.76 Å². The molecule has 0 unspecified atom stereocenters. The normalized spacial score (nSPS) is 17.0. The molecule has 1 amide bonds. The number of amides is 1. The van der Waals surface area contributed by atoms with Crippen LogP contribution in [0.4, 0.5) is 0 Å².